The molecule has 0 fully saturated rings. The molecule has 0 spiro atoms. The quantitative estimate of drug-likeness (QED) is 0.105. The van der Waals surface area contributed by atoms with Crippen molar-refractivity contribution in [3.8, 4) is 11.1 Å². The van der Waals surface area contributed by atoms with Gasteiger partial charge >= 0.3 is 0 Å². The molecule has 0 saturated heterocycles. The standard InChI is InChI=1S/C38H32ClN3O3S/c1-25-13-18-31(39)24-34(25)41-36(43)26(2)46-33-21-19-32(20-22-33)40-38(45)35(42-37(44)30-11-7-4-8-12-30)23-27-14-16-29(17-15-27)28-9-5-3-6-10-28/h3-24,26H,1-2H3,(H,40,45)(H,41,43)(H,42,44)/b35-23-. The molecule has 0 saturated carbocycles. The van der Waals surface area contributed by atoms with Crippen molar-refractivity contribution in [2.45, 2.75) is 24.0 Å². The monoisotopic (exact) mass is 645 g/mol. The van der Waals surface area contributed by atoms with Crippen molar-refractivity contribution in [2.24, 2.45) is 0 Å². The number of aryl methyl sites for hydroxylation is 1. The van der Waals surface area contributed by atoms with Crippen molar-refractivity contribution < 1.29 is 14.4 Å². The maximum atomic E-state index is 13.5. The molecule has 0 aliphatic heterocycles. The molecule has 5 aromatic carbocycles. The minimum absolute atomic E-state index is 0.0985. The average Bonchev–Trinajstić information content (AvgIpc) is 3.08. The first-order chi connectivity index (χ1) is 22.2. The second kappa shape index (κ2) is 15.3. The Balaban J connectivity index is 1.28. The molecular formula is C38H32ClN3O3S. The van der Waals surface area contributed by atoms with Gasteiger partial charge < -0.3 is 16.0 Å². The van der Waals surface area contributed by atoms with Crippen molar-refractivity contribution in [3.63, 3.8) is 0 Å². The Morgan fingerprint density at radius 1 is 0.739 bits per heavy atom. The highest BCUT2D eigenvalue weighted by atomic mass is 35.5. The minimum atomic E-state index is -0.471. The Hall–Kier alpha value is -5.11. The summed E-state index contributed by atoms with van der Waals surface area (Å²) < 4.78 is 0. The first-order valence-electron chi connectivity index (χ1n) is 14.6. The fraction of sp³-hybridized carbons (Fsp3) is 0.0789. The third-order valence-electron chi connectivity index (χ3n) is 7.11. The summed E-state index contributed by atoms with van der Waals surface area (Å²) in [5.74, 6) is -1.01. The summed E-state index contributed by atoms with van der Waals surface area (Å²) in [5, 5.41) is 8.77. The molecule has 5 aromatic rings. The summed E-state index contributed by atoms with van der Waals surface area (Å²) in [7, 11) is 0. The van der Waals surface area contributed by atoms with Crippen LogP contribution in [0, 0.1) is 6.92 Å². The van der Waals surface area contributed by atoms with Gasteiger partial charge in [0.2, 0.25) is 5.91 Å². The predicted molar refractivity (Wildman–Crippen MR) is 189 cm³/mol. The van der Waals surface area contributed by atoms with Crippen LogP contribution in [0.15, 0.2) is 138 Å². The van der Waals surface area contributed by atoms with Gasteiger partial charge in [-0.1, -0.05) is 90.5 Å². The molecule has 5 rings (SSSR count). The van der Waals surface area contributed by atoms with Crippen LogP contribution in [0.3, 0.4) is 0 Å². The molecule has 0 aliphatic rings. The lowest BCUT2D eigenvalue weighted by Crippen LogP contribution is -2.30. The van der Waals surface area contributed by atoms with Crippen LogP contribution in [0.5, 0.6) is 0 Å². The van der Waals surface area contributed by atoms with E-state index in [4.69, 9.17) is 11.6 Å². The van der Waals surface area contributed by atoms with E-state index in [-0.39, 0.29) is 16.9 Å². The Labute approximate surface area is 277 Å². The third kappa shape index (κ3) is 8.75. The predicted octanol–water partition coefficient (Wildman–Crippen LogP) is 8.84. The molecule has 8 heteroatoms. The highest BCUT2D eigenvalue weighted by Gasteiger charge is 2.17. The number of hydrogen-bond acceptors (Lipinski definition) is 4. The van der Waals surface area contributed by atoms with Crippen LogP contribution in [0.2, 0.25) is 5.02 Å². The molecule has 3 amide bonds. The Kier molecular flexibility index (Phi) is 10.7. The Morgan fingerprint density at radius 3 is 2.04 bits per heavy atom. The summed E-state index contributed by atoms with van der Waals surface area (Å²) in [6.07, 6.45) is 1.65. The van der Waals surface area contributed by atoms with Crippen LogP contribution in [0.25, 0.3) is 17.2 Å². The number of amides is 3. The Bertz CT molecular complexity index is 1860. The van der Waals surface area contributed by atoms with E-state index in [1.807, 2.05) is 92.7 Å². The van der Waals surface area contributed by atoms with E-state index < -0.39 is 11.8 Å². The molecule has 1 atom stereocenters. The van der Waals surface area contributed by atoms with Gasteiger partial charge in [-0.2, -0.15) is 0 Å². The zero-order valence-corrected chi connectivity index (χ0v) is 26.9. The molecule has 46 heavy (non-hydrogen) atoms. The molecule has 0 bridgehead atoms. The number of carbonyl (C=O) groups is 3. The van der Waals surface area contributed by atoms with Crippen molar-refractivity contribution in [1.29, 1.82) is 0 Å². The number of nitrogens with one attached hydrogen (secondary N) is 3. The third-order valence-corrected chi connectivity index (χ3v) is 8.46. The molecule has 0 heterocycles. The second-order valence-corrected chi connectivity index (χ2v) is 12.4. The summed E-state index contributed by atoms with van der Waals surface area (Å²) in [6.45, 7) is 3.74. The van der Waals surface area contributed by atoms with Crippen molar-refractivity contribution in [1.82, 2.24) is 5.32 Å². The van der Waals surface area contributed by atoms with Crippen LogP contribution in [-0.2, 0) is 9.59 Å². The number of hydrogen-bond donors (Lipinski definition) is 3. The van der Waals surface area contributed by atoms with E-state index in [2.05, 4.69) is 16.0 Å². The summed E-state index contributed by atoms with van der Waals surface area (Å²) >= 11 is 7.49. The average molecular weight is 646 g/mol. The number of benzene rings is 5. The Morgan fingerprint density at radius 2 is 1.37 bits per heavy atom. The van der Waals surface area contributed by atoms with E-state index in [1.54, 1.807) is 54.6 Å². The van der Waals surface area contributed by atoms with Crippen molar-refractivity contribution >= 4 is 58.5 Å². The molecule has 6 nitrogen and oxygen atoms in total. The largest absolute Gasteiger partial charge is 0.325 e. The van der Waals surface area contributed by atoms with E-state index in [0.29, 0.717) is 22.0 Å². The van der Waals surface area contributed by atoms with E-state index in [0.717, 1.165) is 27.1 Å². The van der Waals surface area contributed by atoms with Crippen LogP contribution in [0.4, 0.5) is 11.4 Å². The molecular weight excluding hydrogens is 614 g/mol. The van der Waals surface area contributed by atoms with Crippen molar-refractivity contribution in [3.05, 3.63) is 155 Å². The lowest BCUT2D eigenvalue weighted by Gasteiger charge is -2.14. The van der Waals surface area contributed by atoms with Gasteiger partial charge in [-0.25, -0.2) is 0 Å². The maximum absolute atomic E-state index is 13.5. The summed E-state index contributed by atoms with van der Waals surface area (Å²) in [4.78, 5) is 40.2. The number of halogens is 1. The molecule has 0 aliphatic carbocycles. The molecule has 0 aromatic heterocycles. The van der Waals surface area contributed by atoms with Gasteiger partial charge in [-0.05, 0) is 90.7 Å². The second-order valence-electron chi connectivity index (χ2n) is 10.6. The lowest BCUT2D eigenvalue weighted by atomic mass is 10.0. The zero-order valence-electron chi connectivity index (χ0n) is 25.3. The molecule has 0 radical (unpaired) electrons. The number of anilines is 2. The summed E-state index contributed by atoms with van der Waals surface area (Å²) in [5.41, 5.74) is 5.56. The van der Waals surface area contributed by atoms with Crippen LogP contribution >= 0.6 is 23.4 Å². The number of carbonyl (C=O) groups excluding carboxylic acids is 3. The fourth-order valence-electron chi connectivity index (χ4n) is 4.55. The first kappa shape index (κ1) is 32.3. The van der Waals surface area contributed by atoms with Gasteiger partial charge in [0.25, 0.3) is 11.8 Å². The zero-order chi connectivity index (χ0) is 32.5. The molecule has 1 unspecified atom stereocenters. The highest BCUT2D eigenvalue weighted by Crippen LogP contribution is 2.27. The van der Waals surface area contributed by atoms with Gasteiger partial charge in [0.1, 0.15) is 5.70 Å². The van der Waals surface area contributed by atoms with E-state index in [9.17, 15) is 14.4 Å². The molecule has 230 valence electrons. The highest BCUT2D eigenvalue weighted by molar-refractivity contribution is 8.00. The topological polar surface area (TPSA) is 87.3 Å². The normalized spacial score (nSPS) is 11.8. The maximum Gasteiger partial charge on any atom is 0.272 e. The SMILES string of the molecule is Cc1ccc(Cl)cc1NC(=O)C(C)Sc1ccc(NC(=O)/C(=C/c2ccc(-c3ccccc3)cc2)NC(=O)c2ccccc2)cc1. The van der Waals surface area contributed by atoms with Gasteiger partial charge in [-0.3, -0.25) is 14.4 Å². The van der Waals surface area contributed by atoms with Gasteiger partial charge in [0.15, 0.2) is 0 Å². The van der Waals surface area contributed by atoms with Crippen LogP contribution in [0.1, 0.15) is 28.4 Å². The van der Waals surface area contributed by atoms with Gasteiger partial charge in [0, 0.05) is 26.9 Å². The van der Waals surface area contributed by atoms with Gasteiger partial charge in [-0.15, -0.1) is 11.8 Å². The minimum Gasteiger partial charge on any atom is -0.325 e. The number of thioether (sulfide) groups is 1. The number of rotatable bonds is 10. The van der Waals surface area contributed by atoms with E-state index in [1.165, 1.54) is 11.8 Å². The fourth-order valence-corrected chi connectivity index (χ4v) is 5.59. The lowest BCUT2D eigenvalue weighted by molar-refractivity contribution is -0.115. The van der Waals surface area contributed by atoms with Gasteiger partial charge in [0.05, 0.1) is 5.25 Å². The van der Waals surface area contributed by atoms with Crippen LogP contribution in [-0.4, -0.2) is 23.0 Å². The molecule has 3 N–H and O–H groups in total. The van der Waals surface area contributed by atoms with Crippen molar-refractivity contribution in [2.75, 3.05) is 10.6 Å². The summed E-state index contributed by atoms with van der Waals surface area (Å²) in [6, 6.07) is 39.1. The van der Waals surface area contributed by atoms with E-state index >= 15 is 0 Å². The smallest absolute Gasteiger partial charge is 0.272 e. The first-order valence-corrected chi connectivity index (χ1v) is 15.9. The van der Waals surface area contributed by atoms with Crippen LogP contribution < -0.4 is 16.0 Å².